The number of hydrogen-bond acceptors (Lipinski definition) is 1. The van der Waals surface area contributed by atoms with E-state index < -0.39 is 0 Å². The van der Waals surface area contributed by atoms with Gasteiger partial charge in [0.1, 0.15) is 5.82 Å². The zero-order valence-electron chi connectivity index (χ0n) is 14.1. The number of nitrogens with zero attached hydrogens (tertiary/aromatic N) is 1. The van der Waals surface area contributed by atoms with Crippen LogP contribution in [0.5, 0.6) is 0 Å². The van der Waals surface area contributed by atoms with Gasteiger partial charge in [0, 0.05) is 17.8 Å². The van der Waals surface area contributed by atoms with Gasteiger partial charge in [-0.15, -0.1) is 0 Å². The van der Waals surface area contributed by atoms with Crippen LogP contribution in [-0.2, 0) is 6.54 Å². The van der Waals surface area contributed by atoms with Gasteiger partial charge in [-0.05, 0) is 73.5 Å². The lowest BCUT2D eigenvalue weighted by atomic mass is 9.86. The third-order valence-electron chi connectivity index (χ3n) is 5.32. The lowest BCUT2D eigenvalue weighted by Gasteiger charge is -2.32. The maximum Gasteiger partial charge on any atom is 0.126 e. The number of piperidine rings is 1. The van der Waals surface area contributed by atoms with E-state index in [1.165, 1.54) is 22.2 Å². The summed E-state index contributed by atoms with van der Waals surface area (Å²) in [6, 6.07) is 16.2. The molecule has 4 rings (SSSR count). The summed E-state index contributed by atoms with van der Waals surface area (Å²) < 4.78 is 13.8. The molecule has 24 heavy (non-hydrogen) atoms. The Bertz CT molecular complexity index is 811. The lowest BCUT2D eigenvalue weighted by Crippen LogP contribution is -2.32. The van der Waals surface area contributed by atoms with Crippen LogP contribution < -0.4 is 0 Å². The minimum atomic E-state index is -0.0759. The summed E-state index contributed by atoms with van der Waals surface area (Å²) >= 11 is 0. The molecule has 124 valence electrons. The fourth-order valence-corrected chi connectivity index (χ4v) is 3.93. The van der Waals surface area contributed by atoms with Crippen LogP contribution in [0.3, 0.4) is 0 Å². The molecule has 1 saturated heterocycles. The number of aromatic nitrogens is 1. The topological polar surface area (TPSA) is 19.0 Å². The molecule has 0 spiro atoms. The van der Waals surface area contributed by atoms with Gasteiger partial charge in [0.05, 0.1) is 0 Å². The molecule has 1 N–H and O–H groups in total. The summed E-state index contributed by atoms with van der Waals surface area (Å²) in [4.78, 5) is 6.01. The van der Waals surface area contributed by atoms with Gasteiger partial charge in [0.15, 0.2) is 0 Å². The third-order valence-corrected chi connectivity index (χ3v) is 5.32. The van der Waals surface area contributed by atoms with E-state index in [4.69, 9.17) is 0 Å². The van der Waals surface area contributed by atoms with Gasteiger partial charge in [-0.2, -0.15) is 0 Å². The average Bonchev–Trinajstić information content (AvgIpc) is 3.00. The van der Waals surface area contributed by atoms with Gasteiger partial charge in [0.2, 0.25) is 0 Å². The molecule has 0 radical (unpaired) electrons. The summed E-state index contributed by atoms with van der Waals surface area (Å²) in [6.07, 6.45) is 2.20. The van der Waals surface area contributed by atoms with Crippen molar-refractivity contribution in [2.45, 2.75) is 32.2 Å². The smallest absolute Gasteiger partial charge is 0.126 e. The summed E-state index contributed by atoms with van der Waals surface area (Å²) in [5, 5.41) is 1.28. The molecule has 0 bridgehead atoms. The second-order valence-corrected chi connectivity index (χ2v) is 6.89. The lowest BCUT2D eigenvalue weighted by molar-refractivity contribution is 0.202. The quantitative estimate of drug-likeness (QED) is 0.719. The van der Waals surface area contributed by atoms with E-state index in [9.17, 15) is 4.39 Å². The molecular formula is C21H23FN2. The minimum absolute atomic E-state index is 0.0759. The maximum atomic E-state index is 13.8. The molecule has 1 aliphatic rings. The van der Waals surface area contributed by atoms with Crippen molar-refractivity contribution in [1.29, 1.82) is 0 Å². The van der Waals surface area contributed by atoms with E-state index >= 15 is 0 Å². The summed E-state index contributed by atoms with van der Waals surface area (Å²) in [5.41, 5.74) is 4.50. The van der Waals surface area contributed by atoms with Gasteiger partial charge in [-0.3, -0.25) is 4.90 Å². The normalized spacial score (nSPS) is 16.8. The largest absolute Gasteiger partial charge is 0.357 e. The molecule has 2 nitrogen and oxygen atoms in total. The highest BCUT2D eigenvalue weighted by Gasteiger charge is 2.22. The highest BCUT2D eigenvalue weighted by Crippen LogP contribution is 2.31. The minimum Gasteiger partial charge on any atom is -0.357 e. The fraction of sp³-hybridized carbons (Fsp3) is 0.333. The first-order chi connectivity index (χ1) is 11.7. The van der Waals surface area contributed by atoms with Crippen LogP contribution >= 0.6 is 0 Å². The second-order valence-electron chi connectivity index (χ2n) is 6.89. The molecule has 0 aliphatic carbocycles. The van der Waals surface area contributed by atoms with Gasteiger partial charge in [-0.1, -0.05) is 30.3 Å². The predicted octanol–water partition coefficient (Wildman–Crippen LogP) is 5.00. The molecule has 0 unspecified atom stereocenters. The zero-order chi connectivity index (χ0) is 16.5. The molecule has 0 atom stereocenters. The van der Waals surface area contributed by atoms with Gasteiger partial charge < -0.3 is 4.98 Å². The first kappa shape index (κ1) is 15.4. The number of benzene rings is 2. The molecule has 3 heteroatoms. The standard InChI is InChI=1S/C21H23FN2/c1-15-19(6-4-7-20(15)22)16-9-11-24(12-10-16)14-18-13-17-5-2-3-8-21(17)23-18/h2-8,13,16,23H,9-12,14H2,1H3. The van der Waals surface area contributed by atoms with Crippen molar-refractivity contribution in [3.8, 4) is 0 Å². The van der Waals surface area contributed by atoms with Crippen molar-refractivity contribution in [3.05, 3.63) is 71.2 Å². The molecule has 0 saturated carbocycles. The summed E-state index contributed by atoms with van der Waals surface area (Å²) in [7, 11) is 0. The van der Waals surface area contributed by atoms with Crippen molar-refractivity contribution >= 4 is 10.9 Å². The molecule has 3 aromatic rings. The van der Waals surface area contributed by atoms with Crippen molar-refractivity contribution in [1.82, 2.24) is 9.88 Å². The van der Waals surface area contributed by atoms with E-state index in [0.29, 0.717) is 5.92 Å². The van der Waals surface area contributed by atoms with E-state index in [1.54, 1.807) is 6.07 Å². The van der Waals surface area contributed by atoms with Crippen LogP contribution in [-0.4, -0.2) is 23.0 Å². The van der Waals surface area contributed by atoms with Crippen LogP contribution in [0.1, 0.15) is 35.6 Å². The number of likely N-dealkylation sites (tertiary alicyclic amines) is 1. The number of para-hydroxylation sites is 1. The zero-order valence-corrected chi connectivity index (χ0v) is 14.1. The molecule has 0 amide bonds. The Kier molecular flexibility index (Phi) is 4.11. The van der Waals surface area contributed by atoms with Crippen LogP contribution in [0.25, 0.3) is 10.9 Å². The van der Waals surface area contributed by atoms with Crippen molar-refractivity contribution < 1.29 is 4.39 Å². The van der Waals surface area contributed by atoms with Gasteiger partial charge in [0.25, 0.3) is 0 Å². The SMILES string of the molecule is Cc1c(F)cccc1C1CCN(Cc2cc3ccccc3[nH]2)CC1. The number of H-pyrrole nitrogens is 1. The molecule has 1 aromatic heterocycles. The number of aromatic amines is 1. The fourth-order valence-electron chi connectivity index (χ4n) is 3.93. The van der Waals surface area contributed by atoms with E-state index in [1.807, 2.05) is 13.0 Å². The first-order valence-electron chi connectivity index (χ1n) is 8.75. The predicted molar refractivity (Wildman–Crippen MR) is 96.7 cm³/mol. The Labute approximate surface area is 142 Å². The number of hydrogen-bond donors (Lipinski definition) is 1. The van der Waals surface area contributed by atoms with Crippen molar-refractivity contribution in [3.63, 3.8) is 0 Å². The number of nitrogens with one attached hydrogen (secondary N) is 1. The Morgan fingerprint density at radius 3 is 2.67 bits per heavy atom. The number of rotatable bonds is 3. The molecule has 1 fully saturated rings. The Hall–Kier alpha value is -2.13. The highest BCUT2D eigenvalue weighted by molar-refractivity contribution is 5.80. The maximum absolute atomic E-state index is 13.8. The summed E-state index contributed by atoms with van der Waals surface area (Å²) in [6.45, 7) is 5.00. The summed E-state index contributed by atoms with van der Waals surface area (Å²) in [5.74, 6) is 0.410. The molecule has 2 heterocycles. The third kappa shape index (κ3) is 2.96. The van der Waals surface area contributed by atoms with E-state index in [0.717, 1.165) is 38.0 Å². The monoisotopic (exact) mass is 322 g/mol. The van der Waals surface area contributed by atoms with Crippen LogP contribution in [0.4, 0.5) is 4.39 Å². The van der Waals surface area contributed by atoms with Gasteiger partial charge in [-0.25, -0.2) is 4.39 Å². The van der Waals surface area contributed by atoms with Crippen molar-refractivity contribution in [2.24, 2.45) is 0 Å². The van der Waals surface area contributed by atoms with E-state index in [2.05, 4.69) is 46.3 Å². The highest BCUT2D eigenvalue weighted by atomic mass is 19.1. The average molecular weight is 322 g/mol. The number of fused-ring (bicyclic) bond motifs is 1. The Morgan fingerprint density at radius 2 is 1.88 bits per heavy atom. The van der Waals surface area contributed by atoms with Gasteiger partial charge >= 0.3 is 0 Å². The second kappa shape index (κ2) is 6.40. The van der Waals surface area contributed by atoms with E-state index in [-0.39, 0.29) is 5.82 Å². The molecule has 1 aliphatic heterocycles. The Morgan fingerprint density at radius 1 is 1.08 bits per heavy atom. The molecule has 2 aromatic carbocycles. The Balaban J connectivity index is 1.41. The molecular weight excluding hydrogens is 299 g/mol. The number of halogens is 1. The van der Waals surface area contributed by atoms with Crippen molar-refractivity contribution in [2.75, 3.05) is 13.1 Å². The van der Waals surface area contributed by atoms with Crippen LogP contribution in [0.2, 0.25) is 0 Å². The first-order valence-corrected chi connectivity index (χ1v) is 8.75. The van der Waals surface area contributed by atoms with Crippen LogP contribution in [0.15, 0.2) is 48.5 Å². The van der Waals surface area contributed by atoms with Crippen LogP contribution in [0, 0.1) is 12.7 Å².